The Hall–Kier alpha value is -0.940. The molecule has 19 heavy (non-hydrogen) atoms. The van der Waals surface area contributed by atoms with Crippen LogP contribution in [0.25, 0.3) is 0 Å². The predicted molar refractivity (Wildman–Crippen MR) is 76.7 cm³/mol. The van der Waals surface area contributed by atoms with E-state index >= 15 is 0 Å². The zero-order valence-electron chi connectivity index (χ0n) is 11.4. The minimum atomic E-state index is -2.79. The van der Waals surface area contributed by atoms with Gasteiger partial charge in [-0.2, -0.15) is 0 Å². The molecule has 1 aromatic heterocycles. The van der Waals surface area contributed by atoms with E-state index in [9.17, 15) is 8.42 Å². The van der Waals surface area contributed by atoms with Crippen molar-refractivity contribution in [3.63, 3.8) is 0 Å². The highest BCUT2D eigenvalue weighted by atomic mass is 32.2. The SMILES string of the molecule is CCc1ccc(CC(N)CC2CCS(=O)(=O)C2)nc1. The van der Waals surface area contributed by atoms with Gasteiger partial charge in [0.05, 0.1) is 11.5 Å². The third-order valence-corrected chi connectivity index (χ3v) is 5.57. The van der Waals surface area contributed by atoms with Crippen LogP contribution in [0.2, 0.25) is 0 Å². The lowest BCUT2D eigenvalue weighted by molar-refractivity contribution is 0.466. The Morgan fingerprint density at radius 1 is 1.47 bits per heavy atom. The molecule has 0 radical (unpaired) electrons. The summed E-state index contributed by atoms with van der Waals surface area (Å²) >= 11 is 0. The van der Waals surface area contributed by atoms with Crippen LogP contribution in [0.5, 0.6) is 0 Å². The van der Waals surface area contributed by atoms with Gasteiger partial charge in [0.2, 0.25) is 0 Å². The van der Waals surface area contributed by atoms with Crippen LogP contribution in [-0.4, -0.2) is 30.9 Å². The van der Waals surface area contributed by atoms with E-state index in [0.717, 1.165) is 31.4 Å². The summed E-state index contributed by atoms with van der Waals surface area (Å²) in [7, 11) is -2.79. The summed E-state index contributed by atoms with van der Waals surface area (Å²) in [6.07, 6.45) is 5.14. The number of hydrogen-bond donors (Lipinski definition) is 1. The fourth-order valence-corrected chi connectivity index (χ4v) is 4.50. The van der Waals surface area contributed by atoms with Gasteiger partial charge in [0.15, 0.2) is 9.84 Å². The van der Waals surface area contributed by atoms with Crippen LogP contribution in [0.4, 0.5) is 0 Å². The molecule has 5 heteroatoms. The van der Waals surface area contributed by atoms with Crippen molar-refractivity contribution in [2.45, 2.75) is 38.6 Å². The zero-order valence-corrected chi connectivity index (χ0v) is 12.2. The first-order chi connectivity index (χ1) is 8.98. The third-order valence-electron chi connectivity index (χ3n) is 3.73. The molecule has 1 aliphatic rings. The Labute approximate surface area is 115 Å². The van der Waals surface area contributed by atoms with Gasteiger partial charge >= 0.3 is 0 Å². The molecule has 1 aromatic rings. The topological polar surface area (TPSA) is 73.1 Å². The molecule has 1 saturated heterocycles. The van der Waals surface area contributed by atoms with Crippen LogP contribution in [-0.2, 0) is 22.7 Å². The summed E-state index contributed by atoms with van der Waals surface area (Å²) in [5.74, 6) is 0.867. The number of pyridine rings is 1. The van der Waals surface area contributed by atoms with Crippen LogP contribution >= 0.6 is 0 Å². The van der Waals surface area contributed by atoms with Gasteiger partial charge in [0.1, 0.15) is 0 Å². The van der Waals surface area contributed by atoms with Crippen molar-refractivity contribution in [1.29, 1.82) is 0 Å². The lowest BCUT2D eigenvalue weighted by atomic mass is 9.97. The number of rotatable bonds is 5. The molecule has 106 valence electrons. The highest BCUT2D eigenvalue weighted by Gasteiger charge is 2.28. The fourth-order valence-electron chi connectivity index (χ4n) is 2.62. The first kappa shape index (κ1) is 14.5. The van der Waals surface area contributed by atoms with E-state index in [1.54, 1.807) is 0 Å². The molecule has 1 fully saturated rings. The van der Waals surface area contributed by atoms with Gasteiger partial charge in [0, 0.05) is 24.4 Å². The van der Waals surface area contributed by atoms with Gasteiger partial charge in [-0.3, -0.25) is 4.98 Å². The molecule has 0 amide bonds. The van der Waals surface area contributed by atoms with Crippen LogP contribution in [0, 0.1) is 5.92 Å². The normalized spacial score (nSPS) is 23.4. The summed E-state index contributed by atoms with van der Waals surface area (Å²) in [6.45, 7) is 2.10. The number of sulfone groups is 1. The van der Waals surface area contributed by atoms with Crippen molar-refractivity contribution >= 4 is 9.84 Å². The van der Waals surface area contributed by atoms with Crippen molar-refractivity contribution in [2.24, 2.45) is 11.7 Å². The third kappa shape index (κ3) is 4.28. The summed E-state index contributed by atoms with van der Waals surface area (Å²) in [5, 5.41) is 0. The second-order valence-electron chi connectivity index (χ2n) is 5.48. The van der Waals surface area contributed by atoms with Crippen LogP contribution in [0.3, 0.4) is 0 Å². The summed E-state index contributed by atoms with van der Waals surface area (Å²) in [5.41, 5.74) is 8.32. The average molecular weight is 282 g/mol. The molecule has 2 rings (SSSR count). The van der Waals surface area contributed by atoms with Gasteiger partial charge in [-0.25, -0.2) is 8.42 Å². The molecule has 2 heterocycles. The molecule has 2 unspecified atom stereocenters. The quantitative estimate of drug-likeness (QED) is 0.884. The Morgan fingerprint density at radius 3 is 2.79 bits per heavy atom. The lowest BCUT2D eigenvalue weighted by Crippen LogP contribution is -2.27. The van der Waals surface area contributed by atoms with Crippen molar-refractivity contribution < 1.29 is 8.42 Å². The van der Waals surface area contributed by atoms with E-state index in [1.807, 2.05) is 12.3 Å². The van der Waals surface area contributed by atoms with E-state index in [1.165, 1.54) is 5.56 Å². The minimum Gasteiger partial charge on any atom is -0.327 e. The first-order valence-electron chi connectivity index (χ1n) is 6.88. The van der Waals surface area contributed by atoms with E-state index in [2.05, 4.69) is 18.0 Å². The van der Waals surface area contributed by atoms with Crippen LogP contribution in [0.15, 0.2) is 18.3 Å². The Balaban J connectivity index is 1.85. The molecule has 0 saturated carbocycles. The van der Waals surface area contributed by atoms with Crippen molar-refractivity contribution in [3.8, 4) is 0 Å². The summed E-state index contributed by atoms with van der Waals surface area (Å²) in [4.78, 5) is 4.39. The molecule has 0 bridgehead atoms. The first-order valence-corrected chi connectivity index (χ1v) is 8.70. The Kier molecular flexibility index (Phi) is 4.58. The van der Waals surface area contributed by atoms with E-state index in [4.69, 9.17) is 5.73 Å². The molecule has 2 N–H and O–H groups in total. The predicted octanol–water partition coefficient (Wildman–Crippen LogP) is 1.34. The number of nitrogens with zero attached hydrogens (tertiary/aromatic N) is 1. The highest BCUT2D eigenvalue weighted by molar-refractivity contribution is 7.91. The maximum absolute atomic E-state index is 11.4. The van der Waals surface area contributed by atoms with Crippen molar-refractivity contribution in [1.82, 2.24) is 4.98 Å². The van der Waals surface area contributed by atoms with E-state index in [0.29, 0.717) is 11.5 Å². The van der Waals surface area contributed by atoms with E-state index < -0.39 is 9.84 Å². The monoisotopic (exact) mass is 282 g/mol. The maximum Gasteiger partial charge on any atom is 0.150 e. The smallest absolute Gasteiger partial charge is 0.150 e. The summed E-state index contributed by atoms with van der Waals surface area (Å²) in [6, 6.07) is 4.09. The number of aromatic nitrogens is 1. The second kappa shape index (κ2) is 6.01. The molecule has 0 aliphatic carbocycles. The fraction of sp³-hybridized carbons (Fsp3) is 0.643. The van der Waals surface area contributed by atoms with E-state index in [-0.39, 0.29) is 12.0 Å². The standard InChI is InChI=1S/C14H22N2O2S/c1-2-11-3-4-14(16-9-11)8-13(15)7-12-5-6-19(17,18)10-12/h3-4,9,12-13H,2,5-8,10,15H2,1H3. The van der Waals surface area contributed by atoms with Crippen molar-refractivity contribution in [2.75, 3.05) is 11.5 Å². The largest absolute Gasteiger partial charge is 0.327 e. The molecule has 2 atom stereocenters. The average Bonchev–Trinajstić information content (AvgIpc) is 2.69. The lowest BCUT2D eigenvalue weighted by Gasteiger charge is -2.15. The van der Waals surface area contributed by atoms with Crippen molar-refractivity contribution in [3.05, 3.63) is 29.6 Å². The van der Waals surface area contributed by atoms with Gasteiger partial charge < -0.3 is 5.73 Å². The Bertz CT molecular complexity index is 511. The number of aryl methyl sites for hydroxylation is 1. The van der Waals surface area contributed by atoms with Crippen LogP contribution < -0.4 is 5.73 Å². The molecular weight excluding hydrogens is 260 g/mol. The summed E-state index contributed by atoms with van der Waals surface area (Å²) < 4.78 is 22.8. The zero-order chi connectivity index (χ0) is 13.9. The molecule has 0 aromatic carbocycles. The van der Waals surface area contributed by atoms with Gasteiger partial charge in [-0.15, -0.1) is 0 Å². The maximum atomic E-state index is 11.4. The minimum absolute atomic E-state index is 0.00160. The molecule has 4 nitrogen and oxygen atoms in total. The van der Waals surface area contributed by atoms with Gasteiger partial charge in [0.25, 0.3) is 0 Å². The second-order valence-corrected chi connectivity index (χ2v) is 7.71. The molecule has 0 spiro atoms. The Morgan fingerprint density at radius 2 is 2.26 bits per heavy atom. The van der Waals surface area contributed by atoms with Gasteiger partial charge in [-0.1, -0.05) is 13.0 Å². The molecular formula is C14H22N2O2S. The molecule has 1 aliphatic heterocycles. The van der Waals surface area contributed by atoms with Crippen LogP contribution in [0.1, 0.15) is 31.0 Å². The number of nitrogens with two attached hydrogens (primary N) is 1. The van der Waals surface area contributed by atoms with Gasteiger partial charge in [-0.05, 0) is 36.8 Å². The highest BCUT2D eigenvalue weighted by Crippen LogP contribution is 2.23. The number of hydrogen-bond acceptors (Lipinski definition) is 4.